The number of rotatable bonds is 5. The minimum atomic E-state index is -0.379. The fourth-order valence-electron chi connectivity index (χ4n) is 2.29. The summed E-state index contributed by atoms with van der Waals surface area (Å²) in [6.07, 6.45) is 2.65. The van der Waals surface area contributed by atoms with Crippen molar-refractivity contribution in [1.29, 1.82) is 0 Å². The Kier molecular flexibility index (Phi) is 5.13. The number of hydrogen-bond donors (Lipinski definition) is 0. The van der Waals surface area contributed by atoms with Gasteiger partial charge in [-0.15, -0.1) is 4.98 Å². The topological polar surface area (TPSA) is 86.7 Å². The number of piperidine rings is 1. The van der Waals surface area contributed by atoms with Gasteiger partial charge >= 0.3 is 18.0 Å². The molecule has 0 saturated carbocycles. The molecule has 0 aromatic carbocycles. The average Bonchev–Trinajstić information content (AvgIpc) is 2.54. The van der Waals surface area contributed by atoms with Crippen LogP contribution in [0.25, 0.3) is 0 Å². The number of carbonyl (C=O) groups is 1. The SMILES string of the molecule is CCOC(=O)C1CCCCN1c1nc(OC)nc(OC)n1. The maximum atomic E-state index is 12.1. The standard InChI is InChI=1S/C13H20N4O4/c1-4-21-10(18)9-7-5-6-8-17(9)11-14-12(19-2)16-13(15-11)20-3/h9H,4-8H2,1-3H3. The summed E-state index contributed by atoms with van der Waals surface area (Å²) in [5.41, 5.74) is 0. The van der Waals surface area contributed by atoms with Gasteiger partial charge in [0, 0.05) is 6.54 Å². The molecule has 21 heavy (non-hydrogen) atoms. The van der Waals surface area contributed by atoms with Gasteiger partial charge in [-0.05, 0) is 26.2 Å². The molecule has 8 heteroatoms. The van der Waals surface area contributed by atoms with Crippen molar-refractivity contribution in [3.63, 3.8) is 0 Å². The quantitative estimate of drug-likeness (QED) is 0.738. The largest absolute Gasteiger partial charge is 0.467 e. The van der Waals surface area contributed by atoms with Gasteiger partial charge in [0.2, 0.25) is 5.95 Å². The van der Waals surface area contributed by atoms with Gasteiger partial charge in [0.05, 0.1) is 20.8 Å². The Labute approximate surface area is 123 Å². The van der Waals surface area contributed by atoms with Gasteiger partial charge < -0.3 is 19.1 Å². The minimum Gasteiger partial charge on any atom is -0.467 e. The van der Waals surface area contributed by atoms with Crippen LogP contribution in [0.15, 0.2) is 0 Å². The monoisotopic (exact) mass is 296 g/mol. The van der Waals surface area contributed by atoms with Gasteiger partial charge in [0.1, 0.15) is 6.04 Å². The predicted octanol–water partition coefficient (Wildman–Crippen LogP) is 0.811. The van der Waals surface area contributed by atoms with E-state index in [1.54, 1.807) is 6.92 Å². The number of anilines is 1. The lowest BCUT2D eigenvalue weighted by atomic mass is 10.0. The van der Waals surface area contributed by atoms with Crippen molar-refractivity contribution in [2.75, 3.05) is 32.3 Å². The van der Waals surface area contributed by atoms with E-state index in [0.717, 1.165) is 19.3 Å². The Morgan fingerprint density at radius 2 is 1.86 bits per heavy atom. The second-order valence-electron chi connectivity index (χ2n) is 4.57. The molecule has 1 aromatic heterocycles. The predicted molar refractivity (Wildman–Crippen MR) is 74.5 cm³/mol. The number of aromatic nitrogens is 3. The van der Waals surface area contributed by atoms with Gasteiger partial charge in [-0.2, -0.15) is 9.97 Å². The van der Waals surface area contributed by atoms with Gasteiger partial charge in [-0.3, -0.25) is 0 Å². The van der Waals surface area contributed by atoms with Crippen LogP contribution in [0.4, 0.5) is 5.95 Å². The zero-order valence-corrected chi connectivity index (χ0v) is 12.5. The molecule has 1 aliphatic heterocycles. The molecule has 2 heterocycles. The first kappa shape index (κ1) is 15.3. The molecule has 0 spiro atoms. The van der Waals surface area contributed by atoms with Crippen LogP contribution < -0.4 is 14.4 Å². The Hall–Kier alpha value is -2.12. The van der Waals surface area contributed by atoms with Crippen LogP contribution in [0.1, 0.15) is 26.2 Å². The number of esters is 1. The van der Waals surface area contributed by atoms with Crippen LogP contribution >= 0.6 is 0 Å². The van der Waals surface area contributed by atoms with Crippen LogP contribution in [0.3, 0.4) is 0 Å². The maximum absolute atomic E-state index is 12.1. The van der Waals surface area contributed by atoms with E-state index in [2.05, 4.69) is 15.0 Å². The molecular formula is C13H20N4O4. The molecule has 1 saturated heterocycles. The Balaban J connectivity index is 2.30. The highest BCUT2D eigenvalue weighted by atomic mass is 16.5. The molecule has 1 unspecified atom stereocenters. The third-order valence-corrected chi connectivity index (χ3v) is 3.27. The Morgan fingerprint density at radius 1 is 1.19 bits per heavy atom. The highest BCUT2D eigenvalue weighted by Gasteiger charge is 2.32. The summed E-state index contributed by atoms with van der Waals surface area (Å²) in [6, 6.07) is -0.0643. The number of carbonyl (C=O) groups excluding carboxylic acids is 1. The van der Waals surface area contributed by atoms with Crippen molar-refractivity contribution < 1.29 is 19.0 Å². The van der Waals surface area contributed by atoms with E-state index < -0.39 is 0 Å². The molecule has 0 radical (unpaired) electrons. The summed E-state index contributed by atoms with van der Waals surface area (Å²) in [5.74, 6) is 0.118. The fraction of sp³-hybridized carbons (Fsp3) is 0.692. The lowest BCUT2D eigenvalue weighted by Gasteiger charge is -2.33. The van der Waals surface area contributed by atoms with Crippen molar-refractivity contribution in [3.8, 4) is 12.0 Å². The minimum absolute atomic E-state index is 0.157. The summed E-state index contributed by atoms with van der Waals surface area (Å²) < 4.78 is 15.2. The van der Waals surface area contributed by atoms with Crippen molar-refractivity contribution in [1.82, 2.24) is 15.0 Å². The van der Waals surface area contributed by atoms with Crippen molar-refractivity contribution in [2.24, 2.45) is 0 Å². The molecular weight excluding hydrogens is 276 g/mol. The third-order valence-electron chi connectivity index (χ3n) is 3.27. The summed E-state index contributed by atoms with van der Waals surface area (Å²) in [7, 11) is 2.94. The zero-order chi connectivity index (χ0) is 15.2. The summed E-state index contributed by atoms with van der Waals surface area (Å²) >= 11 is 0. The first-order chi connectivity index (χ1) is 10.2. The van der Waals surface area contributed by atoms with E-state index in [1.165, 1.54) is 14.2 Å². The molecule has 116 valence electrons. The smallest absolute Gasteiger partial charge is 0.328 e. The molecule has 1 aromatic rings. The second-order valence-corrected chi connectivity index (χ2v) is 4.57. The number of methoxy groups -OCH3 is 2. The van der Waals surface area contributed by atoms with Crippen LogP contribution in [0.2, 0.25) is 0 Å². The number of hydrogen-bond acceptors (Lipinski definition) is 8. The Morgan fingerprint density at radius 3 is 2.43 bits per heavy atom. The van der Waals surface area contributed by atoms with Crippen molar-refractivity contribution in [2.45, 2.75) is 32.2 Å². The summed E-state index contributed by atoms with van der Waals surface area (Å²) in [6.45, 7) is 2.83. The molecule has 1 fully saturated rings. The molecule has 8 nitrogen and oxygen atoms in total. The molecule has 1 aliphatic rings. The van der Waals surface area contributed by atoms with Gasteiger partial charge in [0.15, 0.2) is 0 Å². The molecule has 1 atom stereocenters. The van der Waals surface area contributed by atoms with Gasteiger partial charge in [-0.25, -0.2) is 4.79 Å². The van der Waals surface area contributed by atoms with Crippen LogP contribution in [-0.2, 0) is 9.53 Å². The van der Waals surface area contributed by atoms with Gasteiger partial charge in [-0.1, -0.05) is 0 Å². The van der Waals surface area contributed by atoms with Crippen LogP contribution in [0, 0.1) is 0 Å². The molecule has 2 rings (SSSR count). The van der Waals surface area contributed by atoms with E-state index in [9.17, 15) is 4.79 Å². The van der Waals surface area contributed by atoms with Crippen LogP contribution in [0.5, 0.6) is 12.0 Å². The van der Waals surface area contributed by atoms with Crippen LogP contribution in [-0.4, -0.2) is 54.3 Å². The number of ether oxygens (including phenoxy) is 3. The van der Waals surface area contributed by atoms with E-state index in [-0.39, 0.29) is 24.0 Å². The highest BCUT2D eigenvalue weighted by Crippen LogP contribution is 2.25. The van der Waals surface area contributed by atoms with E-state index in [1.807, 2.05) is 4.90 Å². The lowest BCUT2D eigenvalue weighted by Crippen LogP contribution is -2.46. The molecule has 0 aliphatic carbocycles. The second kappa shape index (κ2) is 7.05. The zero-order valence-electron chi connectivity index (χ0n) is 12.5. The first-order valence-electron chi connectivity index (χ1n) is 6.97. The fourth-order valence-corrected chi connectivity index (χ4v) is 2.29. The molecule has 0 N–H and O–H groups in total. The molecule has 0 amide bonds. The van der Waals surface area contributed by atoms with Crippen molar-refractivity contribution >= 4 is 11.9 Å². The molecule has 0 bridgehead atoms. The summed E-state index contributed by atoms with van der Waals surface area (Å²) in [5, 5.41) is 0. The average molecular weight is 296 g/mol. The lowest BCUT2D eigenvalue weighted by molar-refractivity contribution is -0.145. The summed E-state index contributed by atoms with van der Waals surface area (Å²) in [4.78, 5) is 26.3. The van der Waals surface area contributed by atoms with E-state index in [0.29, 0.717) is 19.1 Å². The highest BCUT2D eigenvalue weighted by molar-refractivity contribution is 5.79. The Bertz CT molecular complexity index is 475. The van der Waals surface area contributed by atoms with E-state index >= 15 is 0 Å². The first-order valence-corrected chi connectivity index (χ1v) is 6.97. The third kappa shape index (κ3) is 3.50. The van der Waals surface area contributed by atoms with E-state index in [4.69, 9.17) is 14.2 Å². The van der Waals surface area contributed by atoms with Crippen molar-refractivity contribution in [3.05, 3.63) is 0 Å². The number of nitrogens with zero attached hydrogens (tertiary/aromatic N) is 4. The maximum Gasteiger partial charge on any atom is 0.328 e. The normalized spacial score (nSPS) is 18.2. The van der Waals surface area contributed by atoms with Gasteiger partial charge in [0.25, 0.3) is 0 Å².